The Labute approximate surface area is 91.9 Å². The predicted octanol–water partition coefficient (Wildman–Crippen LogP) is 1.78. The molecule has 5 heteroatoms. The molecule has 2 aromatic rings. The Hall–Kier alpha value is -1.55. The lowest BCUT2D eigenvalue weighted by atomic mass is 10.3. The highest BCUT2D eigenvalue weighted by molar-refractivity contribution is 6.29. The number of halogens is 1. The molecule has 0 fully saturated rings. The van der Waals surface area contributed by atoms with Crippen LogP contribution in [0.1, 0.15) is 6.92 Å². The third kappa shape index (κ3) is 1.94. The van der Waals surface area contributed by atoms with Crippen LogP contribution in [-0.4, -0.2) is 15.5 Å². The Bertz CT molecular complexity index is 506. The molecule has 78 valence electrons. The highest BCUT2D eigenvalue weighted by Gasteiger charge is 2.07. The molecule has 1 heterocycles. The molecule has 0 aliphatic carbocycles. The Balaban J connectivity index is 2.40. The molecular formula is C10H10ClN3O. The second-order valence-electron chi connectivity index (χ2n) is 3.19. The number of fused-ring (bicyclic) bond motifs is 1. The molecule has 0 unspecified atom stereocenters. The zero-order valence-electron chi connectivity index (χ0n) is 8.20. The van der Waals surface area contributed by atoms with Gasteiger partial charge in [0, 0.05) is 6.92 Å². The third-order valence-electron chi connectivity index (χ3n) is 2.09. The molecule has 4 nitrogen and oxygen atoms in total. The molecule has 1 amide bonds. The Morgan fingerprint density at radius 2 is 2.27 bits per heavy atom. The van der Waals surface area contributed by atoms with Gasteiger partial charge in [-0.25, -0.2) is 4.98 Å². The van der Waals surface area contributed by atoms with Crippen LogP contribution >= 0.6 is 11.6 Å². The number of para-hydroxylation sites is 2. The number of hydrogen-bond donors (Lipinski definition) is 1. The minimum Gasteiger partial charge on any atom is -0.338 e. The molecule has 0 aliphatic rings. The van der Waals surface area contributed by atoms with Gasteiger partial charge in [-0.05, 0) is 23.7 Å². The monoisotopic (exact) mass is 223 g/mol. The topological polar surface area (TPSA) is 46.9 Å². The number of hydrogen-bond acceptors (Lipinski definition) is 2. The SMILES string of the molecule is CC(=O)NCn1c(Cl)nc2ccccc21. The van der Waals surface area contributed by atoms with Crippen LogP contribution in [-0.2, 0) is 11.5 Å². The number of benzene rings is 1. The van der Waals surface area contributed by atoms with E-state index in [0.717, 1.165) is 11.0 Å². The van der Waals surface area contributed by atoms with Crippen molar-refractivity contribution in [1.29, 1.82) is 0 Å². The van der Waals surface area contributed by atoms with E-state index in [4.69, 9.17) is 11.6 Å². The summed E-state index contributed by atoms with van der Waals surface area (Å²) in [6.45, 7) is 1.81. The summed E-state index contributed by atoms with van der Waals surface area (Å²) in [6, 6.07) is 7.60. The maximum atomic E-state index is 10.8. The summed E-state index contributed by atoms with van der Waals surface area (Å²) in [4.78, 5) is 15.0. The van der Waals surface area contributed by atoms with Crippen LogP contribution in [0.25, 0.3) is 11.0 Å². The number of carbonyl (C=O) groups excluding carboxylic acids is 1. The zero-order valence-corrected chi connectivity index (χ0v) is 8.95. The van der Waals surface area contributed by atoms with Gasteiger partial charge in [-0.2, -0.15) is 0 Å². The van der Waals surface area contributed by atoms with Gasteiger partial charge < -0.3 is 5.32 Å². The lowest BCUT2D eigenvalue weighted by molar-refractivity contribution is -0.119. The molecule has 1 N–H and O–H groups in total. The summed E-state index contributed by atoms with van der Waals surface area (Å²) in [6.07, 6.45) is 0. The lowest BCUT2D eigenvalue weighted by Crippen LogP contribution is -2.23. The fourth-order valence-corrected chi connectivity index (χ4v) is 1.63. The number of aromatic nitrogens is 2. The van der Waals surface area contributed by atoms with E-state index in [1.807, 2.05) is 24.3 Å². The van der Waals surface area contributed by atoms with Crippen molar-refractivity contribution in [2.45, 2.75) is 13.6 Å². The molecule has 2 rings (SSSR count). The zero-order chi connectivity index (χ0) is 10.8. The number of carbonyl (C=O) groups is 1. The first kappa shape index (κ1) is 9.98. The van der Waals surface area contributed by atoms with Gasteiger partial charge in [0.05, 0.1) is 17.7 Å². The average molecular weight is 224 g/mol. The summed E-state index contributed by atoms with van der Waals surface area (Å²) in [5, 5.41) is 3.06. The highest BCUT2D eigenvalue weighted by atomic mass is 35.5. The largest absolute Gasteiger partial charge is 0.338 e. The van der Waals surface area contributed by atoms with E-state index in [9.17, 15) is 4.79 Å². The van der Waals surface area contributed by atoms with Crippen LogP contribution in [0.2, 0.25) is 5.28 Å². The van der Waals surface area contributed by atoms with Crippen molar-refractivity contribution >= 4 is 28.5 Å². The second-order valence-corrected chi connectivity index (χ2v) is 3.53. The van der Waals surface area contributed by atoms with Gasteiger partial charge in [0.2, 0.25) is 11.2 Å². The molecular weight excluding hydrogens is 214 g/mol. The van der Waals surface area contributed by atoms with Crippen LogP contribution < -0.4 is 5.32 Å². The Morgan fingerprint density at radius 3 is 3.00 bits per heavy atom. The second kappa shape index (κ2) is 3.90. The van der Waals surface area contributed by atoms with E-state index >= 15 is 0 Å². The molecule has 1 aromatic carbocycles. The fraction of sp³-hybridized carbons (Fsp3) is 0.200. The molecule has 0 saturated heterocycles. The molecule has 0 atom stereocenters. The summed E-state index contributed by atoms with van der Waals surface area (Å²) in [5.74, 6) is -0.0937. The van der Waals surface area contributed by atoms with Crippen molar-refractivity contribution in [1.82, 2.24) is 14.9 Å². The standard InChI is InChI=1S/C10H10ClN3O/c1-7(15)12-6-14-9-5-3-2-4-8(9)13-10(14)11/h2-5H,6H2,1H3,(H,12,15). The first-order valence-electron chi connectivity index (χ1n) is 4.53. The quantitative estimate of drug-likeness (QED) is 0.844. The normalized spacial score (nSPS) is 10.5. The van der Waals surface area contributed by atoms with Crippen molar-refractivity contribution in [2.24, 2.45) is 0 Å². The van der Waals surface area contributed by atoms with Crippen molar-refractivity contribution in [2.75, 3.05) is 0 Å². The number of nitrogens with zero attached hydrogens (tertiary/aromatic N) is 2. The van der Waals surface area contributed by atoms with Crippen molar-refractivity contribution < 1.29 is 4.79 Å². The predicted molar refractivity (Wildman–Crippen MR) is 58.6 cm³/mol. The van der Waals surface area contributed by atoms with Crippen LogP contribution in [0.3, 0.4) is 0 Å². The van der Waals surface area contributed by atoms with E-state index in [2.05, 4.69) is 10.3 Å². The third-order valence-corrected chi connectivity index (χ3v) is 2.38. The minimum atomic E-state index is -0.0937. The van der Waals surface area contributed by atoms with Gasteiger partial charge in [-0.15, -0.1) is 0 Å². The molecule has 0 aliphatic heterocycles. The van der Waals surface area contributed by atoms with E-state index < -0.39 is 0 Å². The number of amides is 1. The maximum Gasteiger partial charge on any atom is 0.218 e. The van der Waals surface area contributed by atoms with Gasteiger partial charge in [0.25, 0.3) is 0 Å². The van der Waals surface area contributed by atoms with E-state index in [1.54, 1.807) is 4.57 Å². The summed E-state index contributed by atoms with van der Waals surface area (Å²) in [5.41, 5.74) is 1.74. The molecule has 0 saturated carbocycles. The molecule has 0 spiro atoms. The minimum absolute atomic E-state index is 0.0937. The van der Waals surface area contributed by atoms with Crippen LogP contribution in [0.15, 0.2) is 24.3 Å². The van der Waals surface area contributed by atoms with Crippen LogP contribution in [0, 0.1) is 0 Å². The molecule has 1 aromatic heterocycles. The van der Waals surface area contributed by atoms with Crippen molar-refractivity contribution in [3.05, 3.63) is 29.5 Å². The summed E-state index contributed by atoms with van der Waals surface area (Å²) >= 11 is 5.95. The summed E-state index contributed by atoms with van der Waals surface area (Å²) < 4.78 is 1.75. The van der Waals surface area contributed by atoms with Gasteiger partial charge in [-0.3, -0.25) is 9.36 Å². The average Bonchev–Trinajstić information content (AvgIpc) is 2.50. The van der Waals surface area contributed by atoms with Gasteiger partial charge in [-0.1, -0.05) is 12.1 Å². The smallest absolute Gasteiger partial charge is 0.218 e. The van der Waals surface area contributed by atoms with Crippen molar-refractivity contribution in [3.8, 4) is 0 Å². The Morgan fingerprint density at radius 1 is 1.53 bits per heavy atom. The highest BCUT2D eigenvalue weighted by Crippen LogP contribution is 2.18. The van der Waals surface area contributed by atoms with Gasteiger partial charge >= 0.3 is 0 Å². The lowest BCUT2D eigenvalue weighted by Gasteiger charge is -2.05. The van der Waals surface area contributed by atoms with E-state index in [0.29, 0.717) is 12.0 Å². The maximum absolute atomic E-state index is 10.8. The number of nitrogens with one attached hydrogen (secondary N) is 1. The van der Waals surface area contributed by atoms with Gasteiger partial charge in [0.15, 0.2) is 0 Å². The van der Waals surface area contributed by atoms with E-state index in [-0.39, 0.29) is 5.91 Å². The first-order chi connectivity index (χ1) is 7.18. The summed E-state index contributed by atoms with van der Waals surface area (Å²) in [7, 11) is 0. The van der Waals surface area contributed by atoms with Crippen LogP contribution in [0.5, 0.6) is 0 Å². The number of rotatable bonds is 2. The molecule has 0 bridgehead atoms. The number of imidazole rings is 1. The molecule has 0 radical (unpaired) electrons. The molecule has 15 heavy (non-hydrogen) atoms. The Kier molecular flexibility index (Phi) is 2.60. The van der Waals surface area contributed by atoms with E-state index in [1.165, 1.54) is 6.92 Å². The van der Waals surface area contributed by atoms with Crippen LogP contribution in [0.4, 0.5) is 0 Å². The fourth-order valence-electron chi connectivity index (χ4n) is 1.39. The first-order valence-corrected chi connectivity index (χ1v) is 4.91. The van der Waals surface area contributed by atoms with Gasteiger partial charge in [0.1, 0.15) is 0 Å². The van der Waals surface area contributed by atoms with Crippen molar-refractivity contribution in [3.63, 3.8) is 0 Å².